The minimum absolute atomic E-state index is 0.280. The quantitative estimate of drug-likeness (QED) is 0.471. The average Bonchev–Trinajstić information content (AvgIpc) is 2.57. The van der Waals surface area contributed by atoms with E-state index in [2.05, 4.69) is 27.5 Å². The van der Waals surface area contributed by atoms with Gasteiger partial charge in [0.05, 0.1) is 6.42 Å². The number of halogens is 2. The largest absolute Gasteiger partial charge is 0.377 e. The van der Waals surface area contributed by atoms with Gasteiger partial charge in [-0.1, -0.05) is 11.6 Å². The van der Waals surface area contributed by atoms with E-state index in [4.69, 9.17) is 11.6 Å². The first-order valence-electron chi connectivity index (χ1n) is 8.81. The number of benzene rings is 2. The molecule has 1 aliphatic heterocycles. The Morgan fingerprint density at radius 2 is 1.81 bits per heavy atom. The maximum absolute atomic E-state index is 12.8. The Kier molecular flexibility index (Phi) is 5.93. The van der Waals surface area contributed by atoms with E-state index in [0.717, 1.165) is 18.8 Å². The molecule has 1 atom stereocenters. The van der Waals surface area contributed by atoms with E-state index in [1.54, 1.807) is 31.2 Å². The Morgan fingerprint density at radius 1 is 1.19 bits per heavy atom. The third-order valence-corrected chi connectivity index (χ3v) is 6.48. The molecule has 1 heterocycles. The summed E-state index contributed by atoms with van der Waals surface area (Å²) in [6.45, 7) is 5.12. The second-order valence-corrected chi connectivity index (χ2v) is 8.50. The fourth-order valence-corrected chi connectivity index (χ4v) is 4.50. The molecule has 0 bridgehead atoms. The molecule has 0 aliphatic carbocycles. The molecule has 1 fully saturated rings. The van der Waals surface area contributed by atoms with Gasteiger partial charge in [-0.15, -0.1) is 0 Å². The molecule has 142 valence electrons. The number of nitrogens with zero attached hydrogens (tertiary/aromatic N) is 1. The SMILES string of the molecule is CC(=O)C(O)(CC(=O)c1ccc(N2CCC2)cc1)c1c(I)ccc(Cl)c1C. The normalized spacial score (nSPS) is 15.8. The first-order valence-corrected chi connectivity index (χ1v) is 10.3. The van der Waals surface area contributed by atoms with Crippen molar-refractivity contribution in [3.63, 3.8) is 0 Å². The molecule has 4 nitrogen and oxygen atoms in total. The van der Waals surface area contributed by atoms with Gasteiger partial charge in [0.15, 0.2) is 17.2 Å². The van der Waals surface area contributed by atoms with E-state index in [0.29, 0.717) is 25.3 Å². The highest BCUT2D eigenvalue weighted by atomic mass is 127. The summed E-state index contributed by atoms with van der Waals surface area (Å²) in [7, 11) is 0. The van der Waals surface area contributed by atoms with Crippen LogP contribution < -0.4 is 4.90 Å². The number of carbonyl (C=O) groups is 2. The summed E-state index contributed by atoms with van der Waals surface area (Å²) in [6.07, 6.45) is 0.868. The zero-order chi connectivity index (χ0) is 19.8. The number of anilines is 1. The Balaban J connectivity index is 1.91. The fourth-order valence-electron chi connectivity index (χ4n) is 3.32. The van der Waals surface area contributed by atoms with Gasteiger partial charge in [0, 0.05) is 38.5 Å². The molecule has 6 heteroatoms. The first kappa shape index (κ1) is 20.3. The number of rotatable bonds is 6. The maximum atomic E-state index is 12.8. The molecule has 0 radical (unpaired) electrons. The zero-order valence-electron chi connectivity index (χ0n) is 15.3. The van der Waals surface area contributed by atoms with Crippen LogP contribution in [-0.4, -0.2) is 29.8 Å². The van der Waals surface area contributed by atoms with Crippen LogP contribution in [0.25, 0.3) is 0 Å². The molecule has 0 saturated carbocycles. The lowest BCUT2D eigenvalue weighted by Gasteiger charge is -2.33. The molecular formula is C21H21ClINO3. The molecular weight excluding hydrogens is 477 g/mol. The van der Waals surface area contributed by atoms with Crippen molar-refractivity contribution < 1.29 is 14.7 Å². The van der Waals surface area contributed by atoms with Crippen molar-refractivity contribution in [3.8, 4) is 0 Å². The van der Waals surface area contributed by atoms with E-state index in [1.165, 1.54) is 13.3 Å². The van der Waals surface area contributed by atoms with Crippen LogP contribution in [0.1, 0.15) is 41.3 Å². The summed E-state index contributed by atoms with van der Waals surface area (Å²) >= 11 is 8.26. The highest BCUT2D eigenvalue weighted by Crippen LogP contribution is 2.37. The van der Waals surface area contributed by atoms with Crippen molar-refractivity contribution in [1.82, 2.24) is 0 Å². The van der Waals surface area contributed by atoms with E-state index >= 15 is 0 Å². The van der Waals surface area contributed by atoms with E-state index in [1.807, 2.05) is 12.1 Å². The van der Waals surface area contributed by atoms with Crippen LogP contribution >= 0.6 is 34.2 Å². The second kappa shape index (κ2) is 7.89. The van der Waals surface area contributed by atoms with Crippen LogP contribution in [0.5, 0.6) is 0 Å². The zero-order valence-corrected chi connectivity index (χ0v) is 18.2. The fraction of sp³-hybridized carbons (Fsp3) is 0.333. The molecule has 2 aromatic carbocycles. The van der Waals surface area contributed by atoms with Crippen LogP contribution in [0, 0.1) is 10.5 Å². The van der Waals surface area contributed by atoms with E-state index < -0.39 is 11.4 Å². The topological polar surface area (TPSA) is 57.6 Å². The molecule has 1 saturated heterocycles. The van der Waals surface area contributed by atoms with Crippen molar-refractivity contribution in [1.29, 1.82) is 0 Å². The Morgan fingerprint density at radius 3 is 2.33 bits per heavy atom. The number of Topliss-reactive ketones (excluding diaryl/α,β-unsaturated/α-hetero) is 2. The van der Waals surface area contributed by atoms with Crippen LogP contribution in [0.3, 0.4) is 0 Å². The predicted molar refractivity (Wildman–Crippen MR) is 116 cm³/mol. The van der Waals surface area contributed by atoms with Crippen LogP contribution in [-0.2, 0) is 10.4 Å². The molecule has 1 N–H and O–H groups in total. The number of hydrogen-bond acceptors (Lipinski definition) is 4. The lowest BCUT2D eigenvalue weighted by atomic mass is 9.82. The van der Waals surface area contributed by atoms with Crippen molar-refractivity contribution in [3.05, 3.63) is 61.7 Å². The third kappa shape index (κ3) is 3.91. The summed E-state index contributed by atoms with van der Waals surface area (Å²) in [6, 6.07) is 10.8. The molecule has 2 aromatic rings. The molecule has 3 rings (SSSR count). The number of ketones is 2. The van der Waals surface area contributed by atoms with Gasteiger partial charge in [-0.05, 0) is 84.8 Å². The van der Waals surface area contributed by atoms with Crippen molar-refractivity contribution in [2.45, 2.75) is 32.3 Å². The summed E-state index contributed by atoms with van der Waals surface area (Å²) in [5, 5.41) is 11.7. The van der Waals surface area contributed by atoms with Gasteiger partial charge < -0.3 is 10.0 Å². The highest BCUT2D eigenvalue weighted by molar-refractivity contribution is 14.1. The summed E-state index contributed by atoms with van der Waals surface area (Å²) < 4.78 is 0.702. The Bertz CT molecular complexity index is 893. The Hall–Kier alpha value is -1.44. The average molecular weight is 498 g/mol. The highest BCUT2D eigenvalue weighted by Gasteiger charge is 2.40. The Labute approximate surface area is 177 Å². The van der Waals surface area contributed by atoms with Gasteiger partial charge in [0.2, 0.25) is 0 Å². The third-order valence-electron chi connectivity index (χ3n) is 5.17. The van der Waals surface area contributed by atoms with Gasteiger partial charge in [-0.3, -0.25) is 9.59 Å². The van der Waals surface area contributed by atoms with Gasteiger partial charge in [-0.2, -0.15) is 0 Å². The summed E-state index contributed by atoms with van der Waals surface area (Å²) in [5.41, 5.74) is 0.683. The van der Waals surface area contributed by atoms with Crippen LogP contribution in [0.15, 0.2) is 36.4 Å². The standard InChI is InChI=1S/C21H21ClINO3/c1-13-17(22)8-9-18(23)20(13)21(27,14(2)25)12-19(26)15-4-6-16(7-5-15)24-10-3-11-24/h4-9,27H,3,10-12H2,1-2H3. The van der Waals surface area contributed by atoms with Crippen molar-refractivity contribution in [2.24, 2.45) is 0 Å². The number of aliphatic hydroxyl groups is 1. The number of hydrogen-bond donors (Lipinski definition) is 1. The van der Waals surface area contributed by atoms with E-state index in [-0.39, 0.29) is 12.2 Å². The molecule has 1 unspecified atom stereocenters. The number of carbonyl (C=O) groups excluding carboxylic acids is 2. The maximum Gasteiger partial charge on any atom is 0.166 e. The second-order valence-electron chi connectivity index (χ2n) is 6.93. The van der Waals surface area contributed by atoms with E-state index in [9.17, 15) is 14.7 Å². The molecule has 0 spiro atoms. The van der Waals surface area contributed by atoms with Crippen LogP contribution in [0.2, 0.25) is 5.02 Å². The lowest BCUT2D eigenvalue weighted by molar-refractivity contribution is -0.136. The van der Waals surface area contributed by atoms with Crippen molar-refractivity contribution in [2.75, 3.05) is 18.0 Å². The monoisotopic (exact) mass is 497 g/mol. The lowest BCUT2D eigenvalue weighted by Crippen LogP contribution is -2.38. The van der Waals surface area contributed by atoms with Crippen LogP contribution in [0.4, 0.5) is 5.69 Å². The molecule has 0 aromatic heterocycles. The first-order chi connectivity index (χ1) is 12.7. The summed E-state index contributed by atoms with van der Waals surface area (Å²) in [5.74, 6) is -0.755. The van der Waals surface area contributed by atoms with Gasteiger partial charge in [-0.25, -0.2) is 0 Å². The predicted octanol–water partition coefficient (Wildman–Crippen LogP) is 4.51. The van der Waals surface area contributed by atoms with Gasteiger partial charge >= 0.3 is 0 Å². The van der Waals surface area contributed by atoms with Gasteiger partial charge in [0.25, 0.3) is 0 Å². The summed E-state index contributed by atoms with van der Waals surface area (Å²) in [4.78, 5) is 27.5. The smallest absolute Gasteiger partial charge is 0.166 e. The molecule has 27 heavy (non-hydrogen) atoms. The molecule has 0 amide bonds. The minimum atomic E-state index is -1.90. The van der Waals surface area contributed by atoms with Crippen molar-refractivity contribution >= 4 is 51.4 Å². The van der Waals surface area contributed by atoms with Gasteiger partial charge in [0.1, 0.15) is 0 Å². The molecule has 1 aliphatic rings. The minimum Gasteiger partial charge on any atom is -0.377 e.